The number of piperidine rings is 1. The largest absolute Gasteiger partial charge is 0.497 e. The van der Waals surface area contributed by atoms with Crippen molar-refractivity contribution in [3.05, 3.63) is 92.7 Å². The van der Waals surface area contributed by atoms with Crippen molar-refractivity contribution in [3.8, 4) is 5.75 Å². The first-order valence-electron chi connectivity index (χ1n) is 11.8. The van der Waals surface area contributed by atoms with Gasteiger partial charge in [-0.25, -0.2) is 4.98 Å². The highest BCUT2D eigenvalue weighted by atomic mass is 35.5. The normalized spacial score (nSPS) is 17.1. The lowest BCUT2D eigenvalue weighted by Gasteiger charge is -2.39. The van der Waals surface area contributed by atoms with Gasteiger partial charge in [-0.05, 0) is 79.5 Å². The number of aromatic nitrogens is 1. The Bertz CT molecular complexity index is 1320. The quantitative estimate of drug-likeness (QED) is 0.334. The van der Waals surface area contributed by atoms with E-state index in [0.717, 1.165) is 49.5 Å². The molecule has 8 heteroatoms. The molecule has 0 bridgehead atoms. The number of carbonyl (C=O) groups excluding carboxylic acids is 1. The highest BCUT2D eigenvalue weighted by molar-refractivity contribution is 6.42. The molecular formula is C28H26Cl3N3O2. The first-order valence-corrected chi connectivity index (χ1v) is 13.0. The van der Waals surface area contributed by atoms with Crippen molar-refractivity contribution in [2.24, 2.45) is 0 Å². The number of benzene rings is 2. The molecule has 1 spiro atoms. The van der Waals surface area contributed by atoms with Crippen molar-refractivity contribution >= 4 is 52.5 Å². The molecule has 2 aromatic carbocycles. The van der Waals surface area contributed by atoms with Crippen LogP contribution in [-0.2, 0) is 5.41 Å². The van der Waals surface area contributed by atoms with E-state index >= 15 is 0 Å². The standard InChI is InChI=1S/C28H26Cl3N3O2/c1-36-21-5-7-25-22(17-21)28(18-34(25)27(35)20-8-11-32-26(31)16-20)9-13-33(14-10-28)12-2-3-19-4-6-23(29)24(30)15-19/h2-8,11,15-17H,9-10,12-14,18H2,1H3. The molecule has 1 amide bonds. The minimum absolute atomic E-state index is 0.0606. The van der Waals surface area contributed by atoms with E-state index < -0.39 is 0 Å². The van der Waals surface area contributed by atoms with Crippen LogP contribution < -0.4 is 9.64 Å². The second kappa shape index (κ2) is 10.4. The van der Waals surface area contributed by atoms with Crippen molar-refractivity contribution in [3.63, 3.8) is 0 Å². The average molecular weight is 543 g/mol. The molecule has 0 atom stereocenters. The van der Waals surface area contributed by atoms with Gasteiger partial charge in [0, 0.05) is 36.0 Å². The van der Waals surface area contributed by atoms with Crippen LogP contribution in [0.2, 0.25) is 15.2 Å². The molecule has 5 rings (SSSR count). The zero-order chi connectivity index (χ0) is 25.3. The van der Waals surface area contributed by atoms with Gasteiger partial charge in [0.05, 0.1) is 17.2 Å². The van der Waals surface area contributed by atoms with Gasteiger partial charge in [0.2, 0.25) is 0 Å². The number of amides is 1. The summed E-state index contributed by atoms with van der Waals surface area (Å²) in [5.74, 6) is 0.746. The van der Waals surface area contributed by atoms with Gasteiger partial charge in [-0.3, -0.25) is 9.69 Å². The number of halogens is 3. The Labute approximate surface area is 226 Å². The summed E-state index contributed by atoms with van der Waals surface area (Å²) in [6.07, 6.45) is 7.71. The summed E-state index contributed by atoms with van der Waals surface area (Å²) < 4.78 is 5.54. The van der Waals surface area contributed by atoms with Crippen LogP contribution in [0.3, 0.4) is 0 Å². The van der Waals surface area contributed by atoms with Crippen LogP contribution in [0.15, 0.2) is 60.8 Å². The van der Waals surface area contributed by atoms with E-state index in [1.54, 1.807) is 25.4 Å². The summed E-state index contributed by atoms with van der Waals surface area (Å²) in [5.41, 5.74) is 3.59. The van der Waals surface area contributed by atoms with Crippen LogP contribution in [0, 0.1) is 0 Å². The Hall–Kier alpha value is -2.57. The van der Waals surface area contributed by atoms with Crippen molar-refractivity contribution in [1.29, 1.82) is 0 Å². The number of hydrogen-bond acceptors (Lipinski definition) is 4. The monoisotopic (exact) mass is 541 g/mol. The highest BCUT2D eigenvalue weighted by Gasteiger charge is 2.46. The van der Waals surface area contributed by atoms with E-state index in [-0.39, 0.29) is 11.3 Å². The molecule has 36 heavy (non-hydrogen) atoms. The molecule has 1 fully saturated rings. The molecule has 0 unspecified atom stereocenters. The van der Waals surface area contributed by atoms with Gasteiger partial charge >= 0.3 is 0 Å². The maximum Gasteiger partial charge on any atom is 0.258 e. The molecule has 186 valence electrons. The number of rotatable bonds is 5. The second-order valence-electron chi connectivity index (χ2n) is 9.30. The van der Waals surface area contributed by atoms with Gasteiger partial charge in [-0.1, -0.05) is 53.0 Å². The number of fused-ring (bicyclic) bond motifs is 2. The second-order valence-corrected chi connectivity index (χ2v) is 10.5. The van der Waals surface area contributed by atoms with Crippen molar-refractivity contribution < 1.29 is 9.53 Å². The average Bonchev–Trinajstić information content (AvgIpc) is 3.20. The maximum atomic E-state index is 13.5. The third-order valence-corrected chi connectivity index (χ3v) is 8.12. The molecule has 3 heterocycles. The van der Waals surface area contributed by atoms with Crippen LogP contribution >= 0.6 is 34.8 Å². The van der Waals surface area contributed by atoms with Crippen LogP contribution in [-0.4, -0.2) is 49.1 Å². The summed E-state index contributed by atoms with van der Waals surface area (Å²) in [6.45, 7) is 3.36. The van der Waals surface area contributed by atoms with E-state index in [1.165, 1.54) is 5.56 Å². The predicted octanol–water partition coefficient (Wildman–Crippen LogP) is 6.76. The van der Waals surface area contributed by atoms with Crippen LogP contribution in [0.4, 0.5) is 5.69 Å². The van der Waals surface area contributed by atoms with Crippen LogP contribution in [0.1, 0.15) is 34.3 Å². The van der Waals surface area contributed by atoms with Gasteiger partial charge in [-0.2, -0.15) is 0 Å². The van der Waals surface area contributed by atoms with Gasteiger partial charge in [0.15, 0.2) is 0 Å². The number of hydrogen-bond donors (Lipinski definition) is 0. The summed E-state index contributed by atoms with van der Waals surface area (Å²) in [7, 11) is 1.67. The minimum Gasteiger partial charge on any atom is -0.497 e. The number of pyridine rings is 1. The number of carbonyl (C=O) groups is 1. The van der Waals surface area contributed by atoms with Crippen molar-refractivity contribution in [1.82, 2.24) is 9.88 Å². The molecule has 2 aliphatic rings. The zero-order valence-corrected chi connectivity index (χ0v) is 22.2. The first-order chi connectivity index (χ1) is 17.4. The third-order valence-electron chi connectivity index (χ3n) is 7.18. The van der Waals surface area contributed by atoms with Crippen LogP contribution in [0.5, 0.6) is 5.75 Å². The Morgan fingerprint density at radius 1 is 1.06 bits per heavy atom. The molecule has 2 aliphatic heterocycles. The van der Waals surface area contributed by atoms with Gasteiger partial charge in [0.25, 0.3) is 5.91 Å². The molecule has 0 saturated carbocycles. The smallest absolute Gasteiger partial charge is 0.258 e. The Morgan fingerprint density at radius 2 is 1.86 bits per heavy atom. The Kier molecular flexibility index (Phi) is 7.27. The lowest BCUT2D eigenvalue weighted by Crippen LogP contribution is -2.46. The Morgan fingerprint density at radius 3 is 2.58 bits per heavy atom. The molecule has 1 saturated heterocycles. The third kappa shape index (κ3) is 4.98. The van der Waals surface area contributed by atoms with Crippen molar-refractivity contribution in [2.45, 2.75) is 18.3 Å². The SMILES string of the molecule is COc1ccc2c(c1)C1(CCN(CC=Cc3ccc(Cl)c(Cl)c3)CC1)CN2C(=O)c1ccnc(Cl)c1. The highest BCUT2D eigenvalue weighted by Crippen LogP contribution is 2.48. The lowest BCUT2D eigenvalue weighted by molar-refractivity contribution is 0.0977. The topological polar surface area (TPSA) is 45.7 Å². The number of methoxy groups -OCH3 is 1. The first kappa shape index (κ1) is 25.1. The minimum atomic E-state index is -0.111. The van der Waals surface area contributed by atoms with E-state index in [4.69, 9.17) is 39.5 Å². The fourth-order valence-corrected chi connectivity index (χ4v) is 5.67. The molecule has 0 radical (unpaired) electrons. The maximum absolute atomic E-state index is 13.5. The number of nitrogens with zero attached hydrogens (tertiary/aromatic N) is 3. The molecule has 3 aromatic rings. The number of ether oxygens (including phenoxy) is 1. The Balaban J connectivity index is 1.32. The van der Waals surface area contributed by atoms with Gasteiger partial charge in [-0.15, -0.1) is 0 Å². The summed E-state index contributed by atoms with van der Waals surface area (Å²) in [5, 5.41) is 1.43. The summed E-state index contributed by atoms with van der Waals surface area (Å²) >= 11 is 18.2. The predicted molar refractivity (Wildman–Crippen MR) is 147 cm³/mol. The van der Waals surface area contributed by atoms with E-state index in [0.29, 0.717) is 27.3 Å². The van der Waals surface area contributed by atoms with Gasteiger partial charge in [0.1, 0.15) is 10.9 Å². The molecule has 0 aliphatic carbocycles. The van der Waals surface area contributed by atoms with Gasteiger partial charge < -0.3 is 9.64 Å². The lowest BCUT2D eigenvalue weighted by atomic mass is 9.74. The van der Waals surface area contributed by atoms with E-state index in [1.807, 2.05) is 35.2 Å². The number of likely N-dealkylation sites (tertiary alicyclic amines) is 1. The molecule has 0 N–H and O–H groups in total. The molecular weight excluding hydrogens is 517 g/mol. The van der Waals surface area contributed by atoms with E-state index in [2.05, 4.69) is 28.1 Å². The fraction of sp³-hybridized carbons (Fsp3) is 0.286. The summed E-state index contributed by atoms with van der Waals surface area (Å²) in [6, 6.07) is 15.0. The van der Waals surface area contributed by atoms with Crippen LogP contribution in [0.25, 0.3) is 6.08 Å². The van der Waals surface area contributed by atoms with E-state index in [9.17, 15) is 4.79 Å². The van der Waals surface area contributed by atoms with Crippen molar-refractivity contribution in [2.75, 3.05) is 38.2 Å². The fourth-order valence-electron chi connectivity index (χ4n) is 5.19. The number of anilines is 1. The zero-order valence-electron chi connectivity index (χ0n) is 19.9. The molecule has 1 aromatic heterocycles. The molecule has 5 nitrogen and oxygen atoms in total. The summed E-state index contributed by atoms with van der Waals surface area (Å²) in [4.78, 5) is 21.8.